The Morgan fingerprint density at radius 1 is 1.40 bits per heavy atom. The first-order valence-electron chi connectivity index (χ1n) is 6.61. The number of hydrogen-bond donors (Lipinski definition) is 2. The van der Waals surface area contributed by atoms with Crippen molar-refractivity contribution < 1.29 is 9.18 Å². The maximum atomic E-state index is 12.7. The van der Waals surface area contributed by atoms with Crippen molar-refractivity contribution in [2.45, 2.75) is 18.6 Å². The van der Waals surface area contributed by atoms with Crippen molar-refractivity contribution in [3.8, 4) is 0 Å². The molecule has 0 aromatic carbocycles. The molecule has 0 unspecified atom stereocenters. The van der Waals surface area contributed by atoms with Gasteiger partial charge in [-0.1, -0.05) is 0 Å². The zero-order chi connectivity index (χ0) is 13.2. The largest absolute Gasteiger partial charge is 0.368 e. The Morgan fingerprint density at radius 3 is 2.65 bits per heavy atom. The van der Waals surface area contributed by atoms with Crippen LogP contribution in [0.3, 0.4) is 0 Å². The lowest BCUT2D eigenvalue weighted by atomic mass is 10.2. The Hall–Kier alpha value is -1.40. The third kappa shape index (κ3) is 3.37. The molecule has 1 saturated carbocycles. The Balaban J connectivity index is 0.00000147. The van der Waals surface area contributed by atoms with E-state index in [0.29, 0.717) is 12.1 Å². The number of hydrogen-bond acceptors (Lipinski definition) is 4. The van der Waals surface area contributed by atoms with Crippen molar-refractivity contribution in [2.75, 3.05) is 31.1 Å². The molecule has 110 valence electrons. The Kier molecular flexibility index (Phi) is 4.77. The minimum atomic E-state index is -0.885. The van der Waals surface area contributed by atoms with Gasteiger partial charge in [-0.2, -0.15) is 0 Å². The van der Waals surface area contributed by atoms with Crippen LogP contribution in [-0.2, 0) is 0 Å². The van der Waals surface area contributed by atoms with Crippen LogP contribution in [0.1, 0.15) is 16.9 Å². The average Bonchev–Trinajstić information content (AvgIpc) is 3.15. The molecule has 0 bridgehead atoms. The highest BCUT2D eigenvalue weighted by atomic mass is 35.5. The number of piperazine rings is 1. The molecule has 1 aliphatic heterocycles. The Morgan fingerprint density at radius 2 is 2.10 bits per heavy atom. The van der Waals surface area contributed by atoms with Crippen molar-refractivity contribution in [3.63, 3.8) is 0 Å². The molecule has 3 rings (SSSR count). The van der Waals surface area contributed by atoms with Crippen LogP contribution in [0.4, 0.5) is 10.1 Å². The van der Waals surface area contributed by atoms with Crippen LogP contribution in [0.2, 0.25) is 0 Å². The van der Waals surface area contributed by atoms with Gasteiger partial charge in [0.05, 0.1) is 17.9 Å². The topological polar surface area (TPSA) is 57.3 Å². The van der Waals surface area contributed by atoms with E-state index in [9.17, 15) is 9.18 Å². The standard InChI is InChI=1S/C13H17FN4O.ClH/c14-10-7-12(10)17-13(19)11-2-1-9(8-16-11)18-5-3-15-4-6-18;/h1-2,8,10,12,15H,3-7H2,(H,17,19);1H/t10-,12+;/m1./s1. The van der Waals surface area contributed by atoms with Gasteiger partial charge in [-0.3, -0.25) is 4.79 Å². The van der Waals surface area contributed by atoms with E-state index in [2.05, 4.69) is 20.5 Å². The normalized spacial score (nSPS) is 24.8. The molecule has 2 fully saturated rings. The molecule has 5 nitrogen and oxygen atoms in total. The van der Waals surface area contributed by atoms with Gasteiger partial charge in [-0.15, -0.1) is 12.4 Å². The van der Waals surface area contributed by atoms with Crippen LogP contribution in [-0.4, -0.2) is 49.3 Å². The zero-order valence-corrected chi connectivity index (χ0v) is 11.8. The molecule has 1 amide bonds. The lowest BCUT2D eigenvalue weighted by Gasteiger charge is -2.29. The van der Waals surface area contributed by atoms with Crippen molar-refractivity contribution in [3.05, 3.63) is 24.0 Å². The molecule has 0 radical (unpaired) electrons. The summed E-state index contributed by atoms with van der Waals surface area (Å²) >= 11 is 0. The fourth-order valence-electron chi connectivity index (χ4n) is 2.19. The molecule has 1 aromatic heterocycles. The van der Waals surface area contributed by atoms with Crippen molar-refractivity contribution in [1.82, 2.24) is 15.6 Å². The molecule has 1 aliphatic carbocycles. The van der Waals surface area contributed by atoms with E-state index < -0.39 is 6.17 Å². The number of halogens is 2. The predicted molar refractivity (Wildman–Crippen MR) is 77.3 cm³/mol. The van der Waals surface area contributed by atoms with Crippen LogP contribution in [0.15, 0.2) is 18.3 Å². The molecule has 1 saturated heterocycles. The molecule has 1 aromatic rings. The average molecular weight is 301 g/mol. The summed E-state index contributed by atoms with van der Waals surface area (Å²) in [5.41, 5.74) is 1.37. The molecule has 7 heteroatoms. The van der Waals surface area contributed by atoms with E-state index >= 15 is 0 Å². The van der Waals surface area contributed by atoms with Crippen LogP contribution in [0, 0.1) is 0 Å². The first-order valence-corrected chi connectivity index (χ1v) is 6.61. The molecule has 20 heavy (non-hydrogen) atoms. The van der Waals surface area contributed by atoms with Crippen molar-refractivity contribution in [1.29, 1.82) is 0 Å². The summed E-state index contributed by atoms with van der Waals surface area (Å²) in [6.45, 7) is 3.81. The summed E-state index contributed by atoms with van der Waals surface area (Å²) in [4.78, 5) is 18.2. The van der Waals surface area contributed by atoms with Gasteiger partial charge in [0.1, 0.15) is 11.9 Å². The highest BCUT2D eigenvalue weighted by Crippen LogP contribution is 2.25. The number of carbonyl (C=O) groups is 1. The number of rotatable bonds is 3. The van der Waals surface area contributed by atoms with Crippen LogP contribution < -0.4 is 15.5 Å². The molecule has 2 atom stereocenters. The third-order valence-electron chi connectivity index (χ3n) is 3.49. The van der Waals surface area contributed by atoms with Gasteiger partial charge in [0.15, 0.2) is 0 Å². The van der Waals surface area contributed by atoms with Gasteiger partial charge in [0, 0.05) is 32.6 Å². The van der Waals surface area contributed by atoms with Gasteiger partial charge in [0.25, 0.3) is 5.91 Å². The summed E-state index contributed by atoms with van der Waals surface area (Å²) in [6, 6.07) is 3.28. The first-order chi connectivity index (χ1) is 9.24. The van der Waals surface area contributed by atoms with E-state index in [-0.39, 0.29) is 24.4 Å². The fraction of sp³-hybridized carbons (Fsp3) is 0.538. The minimum Gasteiger partial charge on any atom is -0.368 e. The number of amides is 1. The molecule has 2 N–H and O–H groups in total. The van der Waals surface area contributed by atoms with E-state index in [1.165, 1.54) is 0 Å². The Bertz CT molecular complexity index is 464. The highest BCUT2D eigenvalue weighted by molar-refractivity contribution is 5.92. The lowest BCUT2D eigenvalue weighted by Crippen LogP contribution is -2.43. The maximum Gasteiger partial charge on any atom is 0.270 e. The van der Waals surface area contributed by atoms with Gasteiger partial charge in [-0.25, -0.2) is 9.37 Å². The summed E-state index contributed by atoms with van der Waals surface area (Å²) < 4.78 is 12.7. The highest BCUT2D eigenvalue weighted by Gasteiger charge is 2.38. The summed E-state index contributed by atoms with van der Waals surface area (Å²) in [5, 5.41) is 5.90. The smallest absolute Gasteiger partial charge is 0.270 e. The SMILES string of the molecule is Cl.O=C(N[C@H]1C[C@H]1F)c1ccc(N2CCNCC2)cn1. The van der Waals surface area contributed by atoms with Gasteiger partial charge in [-0.05, 0) is 12.1 Å². The molecule has 2 heterocycles. The lowest BCUT2D eigenvalue weighted by molar-refractivity contribution is 0.0942. The molecule has 0 spiro atoms. The fourth-order valence-corrected chi connectivity index (χ4v) is 2.19. The maximum absolute atomic E-state index is 12.7. The number of carbonyl (C=O) groups excluding carboxylic acids is 1. The van der Waals surface area contributed by atoms with Crippen LogP contribution >= 0.6 is 12.4 Å². The monoisotopic (exact) mass is 300 g/mol. The van der Waals surface area contributed by atoms with Gasteiger partial charge < -0.3 is 15.5 Å². The van der Waals surface area contributed by atoms with E-state index in [4.69, 9.17) is 0 Å². The third-order valence-corrected chi connectivity index (χ3v) is 3.49. The second-order valence-electron chi connectivity index (χ2n) is 4.97. The number of anilines is 1. The van der Waals surface area contributed by atoms with Gasteiger partial charge in [0.2, 0.25) is 0 Å². The summed E-state index contributed by atoms with van der Waals surface area (Å²) in [5.74, 6) is -0.294. The van der Waals surface area contributed by atoms with Crippen LogP contribution in [0.5, 0.6) is 0 Å². The summed E-state index contributed by atoms with van der Waals surface area (Å²) in [6.07, 6.45) is 1.24. The van der Waals surface area contributed by atoms with E-state index in [1.807, 2.05) is 6.07 Å². The zero-order valence-electron chi connectivity index (χ0n) is 11.0. The molecule has 2 aliphatic rings. The van der Waals surface area contributed by atoms with Crippen LogP contribution in [0.25, 0.3) is 0 Å². The predicted octanol–water partition coefficient (Wildman–Crippen LogP) is 0.753. The van der Waals surface area contributed by atoms with E-state index in [1.54, 1.807) is 12.3 Å². The molecular weight excluding hydrogens is 283 g/mol. The minimum absolute atomic E-state index is 0. The first kappa shape index (κ1) is 15.0. The number of nitrogens with zero attached hydrogens (tertiary/aromatic N) is 2. The van der Waals surface area contributed by atoms with Gasteiger partial charge >= 0.3 is 0 Å². The van der Waals surface area contributed by atoms with E-state index in [0.717, 1.165) is 31.9 Å². The van der Waals surface area contributed by atoms with Crippen molar-refractivity contribution >= 4 is 24.0 Å². The second kappa shape index (κ2) is 6.37. The Labute approximate surface area is 123 Å². The number of pyridine rings is 1. The number of alkyl halides is 1. The number of aromatic nitrogens is 1. The number of nitrogens with one attached hydrogen (secondary N) is 2. The quantitative estimate of drug-likeness (QED) is 0.865. The summed E-state index contributed by atoms with van der Waals surface area (Å²) in [7, 11) is 0. The molecular formula is C13H18ClFN4O. The second-order valence-corrected chi connectivity index (χ2v) is 4.97. The van der Waals surface area contributed by atoms with Crippen molar-refractivity contribution in [2.24, 2.45) is 0 Å².